The molecule has 0 aliphatic rings. The van der Waals surface area contributed by atoms with Crippen LogP contribution in [0.2, 0.25) is 0 Å². The number of amides is 1. The predicted molar refractivity (Wildman–Crippen MR) is 143 cm³/mol. The molecule has 0 unspecified atom stereocenters. The second-order valence-corrected chi connectivity index (χ2v) is 9.21. The van der Waals surface area contributed by atoms with Gasteiger partial charge in [0.15, 0.2) is 11.5 Å². The minimum absolute atomic E-state index is 0.197. The standard InChI is InChI=1S/C28H28BrN3O4/c1-18-27(19(2)32(31-18)16-20-8-13-25(34-3)26(15-20)35-4)30-28(33)22-7-5-6-21(14-22)17-36-24-11-9-23(29)10-12-24/h5-15H,16-17H2,1-4H3,(H,30,33). The largest absolute Gasteiger partial charge is 0.493 e. The maximum absolute atomic E-state index is 13.1. The van der Waals surface area contributed by atoms with Gasteiger partial charge in [-0.3, -0.25) is 9.48 Å². The summed E-state index contributed by atoms with van der Waals surface area (Å²) >= 11 is 3.42. The number of nitrogens with one attached hydrogen (secondary N) is 1. The molecule has 0 atom stereocenters. The average Bonchev–Trinajstić information content (AvgIpc) is 3.15. The van der Waals surface area contributed by atoms with Crippen LogP contribution in [0.1, 0.15) is 32.9 Å². The maximum atomic E-state index is 13.1. The van der Waals surface area contributed by atoms with Crippen molar-refractivity contribution in [3.05, 3.63) is 99.3 Å². The molecule has 0 bridgehead atoms. The fraction of sp³-hybridized carbons (Fsp3) is 0.214. The molecule has 1 heterocycles. The zero-order chi connectivity index (χ0) is 25.7. The highest BCUT2D eigenvalue weighted by molar-refractivity contribution is 9.10. The molecule has 4 aromatic rings. The van der Waals surface area contributed by atoms with Crippen molar-refractivity contribution in [3.63, 3.8) is 0 Å². The van der Waals surface area contributed by atoms with Gasteiger partial charge >= 0.3 is 0 Å². The van der Waals surface area contributed by atoms with E-state index < -0.39 is 0 Å². The number of hydrogen-bond acceptors (Lipinski definition) is 5. The fourth-order valence-corrected chi connectivity index (χ4v) is 4.13. The number of anilines is 1. The van der Waals surface area contributed by atoms with E-state index in [0.29, 0.717) is 35.9 Å². The van der Waals surface area contributed by atoms with Crippen LogP contribution in [0.3, 0.4) is 0 Å². The molecule has 8 heteroatoms. The summed E-state index contributed by atoms with van der Waals surface area (Å²) in [7, 11) is 3.22. The second kappa shape index (κ2) is 11.3. The SMILES string of the molecule is COc1ccc(Cn2nc(C)c(NC(=O)c3cccc(COc4ccc(Br)cc4)c3)c2C)cc1OC. The van der Waals surface area contributed by atoms with Gasteiger partial charge in [-0.1, -0.05) is 34.1 Å². The number of hydrogen-bond donors (Lipinski definition) is 1. The molecule has 1 amide bonds. The van der Waals surface area contributed by atoms with Crippen molar-refractivity contribution < 1.29 is 19.0 Å². The van der Waals surface area contributed by atoms with Crippen molar-refractivity contribution in [1.29, 1.82) is 0 Å². The topological polar surface area (TPSA) is 74.6 Å². The van der Waals surface area contributed by atoms with Crippen LogP contribution in [-0.2, 0) is 13.2 Å². The number of rotatable bonds is 9. The molecular formula is C28H28BrN3O4. The van der Waals surface area contributed by atoms with Gasteiger partial charge in [-0.15, -0.1) is 0 Å². The molecule has 186 valence electrons. The van der Waals surface area contributed by atoms with Gasteiger partial charge in [-0.2, -0.15) is 5.10 Å². The quantitative estimate of drug-likeness (QED) is 0.270. The summed E-state index contributed by atoms with van der Waals surface area (Å²) in [4.78, 5) is 13.1. The van der Waals surface area contributed by atoms with Crippen molar-refractivity contribution in [2.75, 3.05) is 19.5 Å². The highest BCUT2D eigenvalue weighted by Gasteiger charge is 2.16. The van der Waals surface area contributed by atoms with E-state index in [0.717, 1.165) is 32.7 Å². The highest BCUT2D eigenvalue weighted by atomic mass is 79.9. The minimum Gasteiger partial charge on any atom is -0.493 e. The number of carbonyl (C=O) groups excluding carboxylic acids is 1. The van der Waals surface area contributed by atoms with Gasteiger partial charge in [0.1, 0.15) is 12.4 Å². The van der Waals surface area contributed by atoms with Crippen molar-refractivity contribution in [3.8, 4) is 17.2 Å². The third-order valence-electron chi connectivity index (χ3n) is 5.81. The van der Waals surface area contributed by atoms with E-state index in [4.69, 9.17) is 14.2 Å². The Kier molecular flexibility index (Phi) is 7.95. The van der Waals surface area contributed by atoms with Crippen molar-refractivity contribution >= 4 is 27.5 Å². The van der Waals surface area contributed by atoms with E-state index in [9.17, 15) is 4.79 Å². The van der Waals surface area contributed by atoms with Gasteiger partial charge in [0.2, 0.25) is 0 Å². The van der Waals surface area contributed by atoms with Gasteiger partial charge < -0.3 is 19.5 Å². The number of nitrogens with zero attached hydrogens (tertiary/aromatic N) is 2. The first-order valence-corrected chi connectivity index (χ1v) is 12.2. The number of benzene rings is 3. The Balaban J connectivity index is 1.45. The summed E-state index contributed by atoms with van der Waals surface area (Å²) in [6, 6.07) is 20.8. The van der Waals surface area contributed by atoms with E-state index in [2.05, 4.69) is 26.3 Å². The number of aryl methyl sites for hydroxylation is 1. The second-order valence-electron chi connectivity index (χ2n) is 8.29. The van der Waals surface area contributed by atoms with Gasteiger partial charge in [-0.25, -0.2) is 0 Å². The molecule has 0 fully saturated rings. The van der Waals surface area contributed by atoms with Crippen molar-refractivity contribution in [1.82, 2.24) is 9.78 Å². The summed E-state index contributed by atoms with van der Waals surface area (Å²) in [5.41, 5.74) is 4.79. The zero-order valence-corrected chi connectivity index (χ0v) is 22.3. The molecule has 36 heavy (non-hydrogen) atoms. The Labute approximate surface area is 219 Å². The Hall–Kier alpha value is -3.78. The van der Waals surface area contributed by atoms with Crippen molar-refractivity contribution in [2.24, 2.45) is 0 Å². The molecule has 0 saturated carbocycles. The van der Waals surface area contributed by atoms with Crippen LogP contribution < -0.4 is 19.5 Å². The van der Waals surface area contributed by atoms with Gasteiger partial charge in [0.25, 0.3) is 5.91 Å². The molecule has 0 aliphatic heterocycles. The summed E-state index contributed by atoms with van der Waals surface area (Å²) in [6.07, 6.45) is 0. The van der Waals surface area contributed by atoms with Crippen LogP contribution in [0, 0.1) is 13.8 Å². The van der Waals surface area contributed by atoms with E-state index in [-0.39, 0.29) is 5.91 Å². The summed E-state index contributed by atoms with van der Waals surface area (Å²) in [5.74, 6) is 1.90. The summed E-state index contributed by atoms with van der Waals surface area (Å²) < 4.78 is 19.4. The Morgan fingerprint density at radius 3 is 2.42 bits per heavy atom. The Morgan fingerprint density at radius 1 is 0.944 bits per heavy atom. The number of carbonyl (C=O) groups is 1. The molecule has 1 aromatic heterocycles. The predicted octanol–water partition coefficient (Wildman–Crippen LogP) is 6.16. The lowest BCUT2D eigenvalue weighted by Gasteiger charge is -2.11. The lowest BCUT2D eigenvalue weighted by atomic mass is 10.1. The molecule has 0 aliphatic carbocycles. The molecular weight excluding hydrogens is 522 g/mol. The van der Waals surface area contributed by atoms with E-state index in [1.807, 2.05) is 79.2 Å². The maximum Gasteiger partial charge on any atom is 0.255 e. The third kappa shape index (κ3) is 5.88. The summed E-state index contributed by atoms with van der Waals surface area (Å²) in [5, 5.41) is 7.68. The normalized spacial score (nSPS) is 10.7. The smallest absolute Gasteiger partial charge is 0.255 e. The van der Waals surface area contributed by atoms with Crippen molar-refractivity contribution in [2.45, 2.75) is 27.0 Å². The Morgan fingerprint density at radius 2 is 1.69 bits per heavy atom. The van der Waals surface area contributed by atoms with Crippen LogP contribution in [0.4, 0.5) is 5.69 Å². The number of methoxy groups -OCH3 is 2. The van der Waals surface area contributed by atoms with Gasteiger partial charge in [0.05, 0.1) is 37.8 Å². The minimum atomic E-state index is -0.197. The number of aromatic nitrogens is 2. The first-order chi connectivity index (χ1) is 17.4. The van der Waals surface area contributed by atoms with E-state index in [1.165, 1.54) is 0 Å². The van der Waals surface area contributed by atoms with E-state index in [1.54, 1.807) is 20.3 Å². The number of halogens is 1. The van der Waals surface area contributed by atoms with Gasteiger partial charge in [0, 0.05) is 10.0 Å². The highest BCUT2D eigenvalue weighted by Crippen LogP contribution is 2.29. The molecule has 4 rings (SSSR count). The van der Waals surface area contributed by atoms with Crippen LogP contribution in [0.25, 0.3) is 0 Å². The molecule has 0 saturated heterocycles. The average molecular weight is 550 g/mol. The Bertz CT molecular complexity index is 1370. The van der Waals surface area contributed by atoms with Crippen LogP contribution >= 0.6 is 15.9 Å². The third-order valence-corrected chi connectivity index (χ3v) is 6.34. The monoisotopic (exact) mass is 549 g/mol. The van der Waals surface area contributed by atoms with Crippen LogP contribution in [0.5, 0.6) is 17.2 Å². The number of ether oxygens (including phenoxy) is 3. The molecule has 0 spiro atoms. The van der Waals surface area contributed by atoms with Gasteiger partial charge in [-0.05, 0) is 73.5 Å². The molecule has 0 radical (unpaired) electrons. The lowest BCUT2D eigenvalue weighted by molar-refractivity contribution is 0.102. The first kappa shape index (κ1) is 25.3. The fourth-order valence-electron chi connectivity index (χ4n) is 3.87. The first-order valence-electron chi connectivity index (χ1n) is 11.4. The summed E-state index contributed by atoms with van der Waals surface area (Å²) in [6.45, 7) is 4.73. The molecule has 7 nitrogen and oxygen atoms in total. The molecule has 3 aromatic carbocycles. The van der Waals surface area contributed by atoms with Crippen LogP contribution in [0.15, 0.2) is 71.2 Å². The van der Waals surface area contributed by atoms with E-state index >= 15 is 0 Å². The van der Waals surface area contributed by atoms with Crippen LogP contribution in [-0.4, -0.2) is 29.9 Å². The zero-order valence-electron chi connectivity index (χ0n) is 20.7. The molecule has 1 N–H and O–H groups in total. The lowest BCUT2D eigenvalue weighted by Crippen LogP contribution is -2.14.